The first kappa shape index (κ1) is 16.4. The van der Waals surface area contributed by atoms with Gasteiger partial charge in [-0.2, -0.15) is 0 Å². The van der Waals surface area contributed by atoms with Crippen molar-refractivity contribution in [2.24, 2.45) is 0 Å². The van der Waals surface area contributed by atoms with E-state index in [0.29, 0.717) is 17.2 Å². The molecule has 2 aliphatic rings. The summed E-state index contributed by atoms with van der Waals surface area (Å²) < 4.78 is 10.5. The summed E-state index contributed by atoms with van der Waals surface area (Å²) in [6.07, 6.45) is 6.76. The molecule has 24 heavy (non-hydrogen) atoms. The molecular weight excluding hydrogens is 308 g/mol. The Hall–Kier alpha value is -2.50. The standard InChI is InChI=1S/C18H22N2O4/c1-23-15-9-8-12(11-16(15)24-2)10-14-17(21)20(18(22)19-14)13-6-4-3-5-7-13/h8-11,13H,3-7H2,1-2H3,(H,19,22)/b14-10-. The van der Waals surface area contributed by atoms with Crippen molar-refractivity contribution in [2.75, 3.05) is 14.2 Å². The van der Waals surface area contributed by atoms with Crippen molar-refractivity contribution >= 4 is 18.0 Å². The predicted molar refractivity (Wildman–Crippen MR) is 89.8 cm³/mol. The van der Waals surface area contributed by atoms with Crippen LogP contribution in [0.5, 0.6) is 11.5 Å². The highest BCUT2D eigenvalue weighted by Gasteiger charge is 2.38. The highest BCUT2D eigenvalue weighted by atomic mass is 16.5. The Morgan fingerprint density at radius 1 is 1.08 bits per heavy atom. The Kier molecular flexibility index (Phi) is 4.74. The van der Waals surface area contributed by atoms with E-state index < -0.39 is 0 Å². The lowest BCUT2D eigenvalue weighted by Gasteiger charge is -2.28. The minimum Gasteiger partial charge on any atom is -0.493 e. The Balaban J connectivity index is 1.83. The molecule has 1 aliphatic carbocycles. The van der Waals surface area contributed by atoms with E-state index in [1.165, 1.54) is 11.3 Å². The maximum atomic E-state index is 12.6. The number of hydrogen-bond donors (Lipinski definition) is 1. The quantitative estimate of drug-likeness (QED) is 0.681. The number of ether oxygens (including phenoxy) is 2. The molecule has 0 aromatic heterocycles. The van der Waals surface area contributed by atoms with Crippen LogP contribution in [0.4, 0.5) is 4.79 Å². The fraction of sp³-hybridized carbons (Fsp3) is 0.444. The molecule has 0 unspecified atom stereocenters. The number of carbonyl (C=O) groups is 2. The summed E-state index contributed by atoms with van der Waals surface area (Å²) >= 11 is 0. The van der Waals surface area contributed by atoms with Gasteiger partial charge >= 0.3 is 6.03 Å². The fourth-order valence-electron chi connectivity index (χ4n) is 3.33. The van der Waals surface area contributed by atoms with E-state index in [-0.39, 0.29) is 18.0 Å². The second-order valence-corrected chi connectivity index (χ2v) is 6.07. The van der Waals surface area contributed by atoms with Crippen LogP contribution in [0, 0.1) is 0 Å². The minimum absolute atomic E-state index is 0.0163. The fourth-order valence-corrected chi connectivity index (χ4v) is 3.33. The summed E-state index contributed by atoms with van der Waals surface area (Å²) in [5, 5.41) is 2.69. The van der Waals surface area contributed by atoms with Crippen LogP contribution >= 0.6 is 0 Å². The number of amides is 3. The first-order chi connectivity index (χ1) is 11.6. The first-order valence-corrected chi connectivity index (χ1v) is 8.22. The lowest BCUT2D eigenvalue weighted by molar-refractivity contribution is -0.124. The van der Waals surface area contributed by atoms with Gasteiger partial charge in [0.2, 0.25) is 0 Å². The van der Waals surface area contributed by atoms with Gasteiger partial charge in [-0.05, 0) is 36.6 Å². The molecule has 1 aromatic carbocycles. The molecule has 6 nitrogen and oxygen atoms in total. The van der Waals surface area contributed by atoms with Crippen LogP contribution in [-0.2, 0) is 4.79 Å². The van der Waals surface area contributed by atoms with Gasteiger partial charge in [0, 0.05) is 6.04 Å². The smallest absolute Gasteiger partial charge is 0.329 e. The molecule has 0 atom stereocenters. The zero-order valence-electron chi connectivity index (χ0n) is 14.0. The Morgan fingerprint density at radius 2 is 1.79 bits per heavy atom. The molecule has 3 rings (SSSR count). The van der Waals surface area contributed by atoms with Crippen LogP contribution in [-0.4, -0.2) is 37.1 Å². The molecule has 0 bridgehead atoms. The molecule has 0 radical (unpaired) electrons. The van der Waals surface area contributed by atoms with Crippen LogP contribution in [0.25, 0.3) is 6.08 Å². The predicted octanol–water partition coefficient (Wildman–Crippen LogP) is 2.93. The van der Waals surface area contributed by atoms with Crippen molar-refractivity contribution in [3.63, 3.8) is 0 Å². The number of nitrogens with one attached hydrogen (secondary N) is 1. The molecule has 1 aromatic rings. The molecular formula is C18H22N2O4. The minimum atomic E-state index is -0.321. The van der Waals surface area contributed by atoms with Crippen molar-refractivity contribution in [1.29, 1.82) is 0 Å². The molecule has 3 amide bonds. The zero-order valence-corrected chi connectivity index (χ0v) is 14.0. The first-order valence-electron chi connectivity index (χ1n) is 8.22. The lowest BCUT2D eigenvalue weighted by atomic mass is 9.94. The number of hydrogen-bond acceptors (Lipinski definition) is 4. The Labute approximate surface area is 141 Å². The second-order valence-electron chi connectivity index (χ2n) is 6.07. The van der Waals surface area contributed by atoms with Gasteiger partial charge in [0.25, 0.3) is 5.91 Å². The average Bonchev–Trinajstić information content (AvgIpc) is 2.89. The highest BCUT2D eigenvalue weighted by molar-refractivity contribution is 6.14. The Bertz CT molecular complexity index is 678. The maximum Gasteiger partial charge on any atom is 0.329 e. The van der Waals surface area contributed by atoms with Gasteiger partial charge in [-0.3, -0.25) is 9.69 Å². The van der Waals surface area contributed by atoms with Gasteiger partial charge in [-0.15, -0.1) is 0 Å². The SMILES string of the molecule is COc1ccc(/C=C2\NC(=O)N(C3CCCCC3)C2=O)cc1OC. The zero-order chi connectivity index (χ0) is 17.1. The summed E-state index contributed by atoms with van der Waals surface area (Å²) in [5.74, 6) is 0.944. The molecule has 1 heterocycles. The molecule has 128 valence electrons. The van der Waals surface area contributed by atoms with Gasteiger partial charge in [-0.1, -0.05) is 25.3 Å². The number of carbonyl (C=O) groups excluding carboxylic acids is 2. The lowest BCUT2D eigenvalue weighted by Crippen LogP contribution is -2.41. The number of rotatable bonds is 4. The topological polar surface area (TPSA) is 67.9 Å². The second kappa shape index (κ2) is 6.95. The highest BCUT2D eigenvalue weighted by Crippen LogP contribution is 2.30. The number of nitrogens with zero attached hydrogens (tertiary/aromatic N) is 1. The summed E-state index contributed by atoms with van der Waals surface area (Å²) in [6.45, 7) is 0. The molecule has 1 aliphatic heterocycles. The normalized spacial score (nSPS) is 20.4. The van der Waals surface area contributed by atoms with Crippen LogP contribution in [0.15, 0.2) is 23.9 Å². The van der Waals surface area contributed by atoms with E-state index in [4.69, 9.17) is 9.47 Å². The van der Waals surface area contributed by atoms with Crippen molar-refractivity contribution in [3.8, 4) is 11.5 Å². The maximum absolute atomic E-state index is 12.6. The van der Waals surface area contributed by atoms with E-state index in [2.05, 4.69) is 5.32 Å². The molecule has 0 spiro atoms. The van der Waals surface area contributed by atoms with Gasteiger partial charge in [-0.25, -0.2) is 4.79 Å². The summed E-state index contributed by atoms with van der Waals surface area (Å²) in [5.41, 5.74) is 1.07. The van der Waals surface area contributed by atoms with Gasteiger partial charge in [0.1, 0.15) is 5.70 Å². The van der Waals surface area contributed by atoms with Crippen molar-refractivity contribution in [2.45, 2.75) is 38.1 Å². The summed E-state index contributed by atoms with van der Waals surface area (Å²) in [4.78, 5) is 26.2. The number of methoxy groups -OCH3 is 2. The van der Waals surface area contributed by atoms with Crippen molar-refractivity contribution in [3.05, 3.63) is 29.5 Å². The molecule has 6 heteroatoms. The van der Waals surface area contributed by atoms with Crippen LogP contribution in [0.3, 0.4) is 0 Å². The number of benzene rings is 1. The van der Waals surface area contributed by atoms with Gasteiger partial charge in [0.05, 0.1) is 14.2 Å². The third-order valence-electron chi connectivity index (χ3n) is 4.57. The largest absolute Gasteiger partial charge is 0.493 e. The van der Waals surface area contributed by atoms with E-state index >= 15 is 0 Å². The summed E-state index contributed by atoms with van der Waals surface area (Å²) in [7, 11) is 3.13. The third kappa shape index (κ3) is 3.09. The molecule has 1 saturated carbocycles. The average molecular weight is 330 g/mol. The van der Waals surface area contributed by atoms with E-state index in [9.17, 15) is 9.59 Å². The molecule has 1 N–H and O–H groups in total. The van der Waals surface area contributed by atoms with Gasteiger partial charge < -0.3 is 14.8 Å². The number of imide groups is 1. The monoisotopic (exact) mass is 330 g/mol. The molecule has 2 fully saturated rings. The van der Waals surface area contributed by atoms with Crippen LogP contribution in [0.1, 0.15) is 37.7 Å². The summed E-state index contributed by atoms with van der Waals surface area (Å²) in [6, 6.07) is 5.05. The van der Waals surface area contributed by atoms with Crippen molar-refractivity contribution < 1.29 is 19.1 Å². The van der Waals surface area contributed by atoms with E-state index in [1.807, 2.05) is 6.07 Å². The Morgan fingerprint density at radius 3 is 2.46 bits per heavy atom. The third-order valence-corrected chi connectivity index (χ3v) is 4.57. The van der Waals surface area contributed by atoms with Crippen LogP contribution < -0.4 is 14.8 Å². The van der Waals surface area contributed by atoms with Gasteiger partial charge in [0.15, 0.2) is 11.5 Å². The van der Waals surface area contributed by atoms with E-state index in [0.717, 1.165) is 31.2 Å². The van der Waals surface area contributed by atoms with Crippen molar-refractivity contribution in [1.82, 2.24) is 10.2 Å². The molecule has 1 saturated heterocycles. The number of urea groups is 1. The van der Waals surface area contributed by atoms with Crippen LogP contribution in [0.2, 0.25) is 0 Å². The van der Waals surface area contributed by atoms with E-state index in [1.54, 1.807) is 32.4 Å².